The van der Waals surface area contributed by atoms with Crippen LogP contribution in [0, 0.1) is 5.92 Å². The van der Waals surface area contributed by atoms with Crippen LogP contribution in [0.5, 0.6) is 11.5 Å². The molecule has 5 nitrogen and oxygen atoms in total. The van der Waals surface area contributed by atoms with Crippen LogP contribution in [0.25, 0.3) is 0 Å². The van der Waals surface area contributed by atoms with Crippen molar-refractivity contribution in [1.29, 1.82) is 0 Å². The van der Waals surface area contributed by atoms with Gasteiger partial charge in [0.2, 0.25) is 5.91 Å². The summed E-state index contributed by atoms with van der Waals surface area (Å²) < 4.78 is 10.8. The number of methoxy groups -OCH3 is 2. The molecule has 2 aliphatic rings. The predicted molar refractivity (Wildman–Crippen MR) is 113 cm³/mol. The minimum Gasteiger partial charge on any atom is -0.497 e. The summed E-state index contributed by atoms with van der Waals surface area (Å²) in [5.41, 5.74) is 3.85. The van der Waals surface area contributed by atoms with Gasteiger partial charge in [-0.2, -0.15) is 0 Å². The molecule has 0 spiro atoms. The summed E-state index contributed by atoms with van der Waals surface area (Å²) >= 11 is 0. The molecule has 0 saturated carbocycles. The minimum absolute atomic E-state index is 0.147. The van der Waals surface area contributed by atoms with E-state index in [-0.39, 0.29) is 5.92 Å². The molecule has 0 atom stereocenters. The number of carbonyl (C=O) groups excluding carboxylic acids is 1. The molecule has 2 aromatic carbocycles. The normalized spacial score (nSPS) is 17.7. The van der Waals surface area contributed by atoms with Crippen molar-refractivity contribution in [1.82, 2.24) is 9.80 Å². The van der Waals surface area contributed by atoms with Gasteiger partial charge in [-0.1, -0.05) is 30.3 Å². The maximum atomic E-state index is 13.1. The number of carbonyl (C=O) groups is 1. The average molecular weight is 395 g/mol. The lowest BCUT2D eigenvalue weighted by atomic mass is 9.93. The Kier molecular flexibility index (Phi) is 6.05. The van der Waals surface area contributed by atoms with Gasteiger partial charge >= 0.3 is 0 Å². The lowest BCUT2D eigenvalue weighted by molar-refractivity contribution is -0.138. The molecule has 1 amide bonds. The Bertz CT molecular complexity index is 859. The highest BCUT2D eigenvalue weighted by molar-refractivity contribution is 5.79. The Morgan fingerprint density at radius 2 is 1.76 bits per heavy atom. The van der Waals surface area contributed by atoms with Crippen molar-refractivity contribution in [2.45, 2.75) is 32.4 Å². The van der Waals surface area contributed by atoms with Gasteiger partial charge in [0.15, 0.2) is 0 Å². The molecule has 29 heavy (non-hydrogen) atoms. The summed E-state index contributed by atoms with van der Waals surface area (Å²) in [6, 6.07) is 14.5. The van der Waals surface area contributed by atoms with Gasteiger partial charge in [0.05, 0.1) is 14.2 Å². The molecule has 1 fully saturated rings. The van der Waals surface area contributed by atoms with Crippen molar-refractivity contribution in [2.75, 3.05) is 33.9 Å². The second kappa shape index (κ2) is 8.87. The van der Waals surface area contributed by atoms with E-state index in [1.165, 1.54) is 11.1 Å². The van der Waals surface area contributed by atoms with E-state index >= 15 is 0 Å². The smallest absolute Gasteiger partial charge is 0.226 e. The molecule has 0 unspecified atom stereocenters. The highest BCUT2D eigenvalue weighted by Gasteiger charge is 2.30. The molecule has 2 heterocycles. The number of rotatable bonds is 5. The number of benzene rings is 2. The first-order chi connectivity index (χ1) is 14.2. The van der Waals surface area contributed by atoms with Crippen molar-refractivity contribution < 1.29 is 14.3 Å². The number of hydrogen-bond donors (Lipinski definition) is 0. The van der Waals surface area contributed by atoms with Crippen LogP contribution in [-0.4, -0.2) is 49.6 Å². The number of hydrogen-bond acceptors (Lipinski definition) is 4. The maximum absolute atomic E-state index is 13.1. The molecule has 2 aliphatic heterocycles. The fourth-order valence-electron chi connectivity index (χ4n) is 4.50. The summed E-state index contributed by atoms with van der Waals surface area (Å²) in [6.07, 6.45) is 2.82. The highest BCUT2D eigenvalue weighted by Crippen LogP contribution is 2.29. The van der Waals surface area contributed by atoms with Crippen LogP contribution in [0.4, 0.5) is 0 Å². The number of amides is 1. The van der Waals surface area contributed by atoms with E-state index in [2.05, 4.69) is 40.1 Å². The summed E-state index contributed by atoms with van der Waals surface area (Å²) in [6.45, 7) is 4.33. The number of ether oxygens (including phenoxy) is 2. The Hall–Kier alpha value is -2.53. The molecule has 2 aromatic rings. The molecule has 0 bridgehead atoms. The van der Waals surface area contributed by atoms with Crippen LogP contribution in [0.3, 0.4) is 0 Å². The van der Waals surface area contributed by atoms with E-state index < -0.39 is 0 Å². The minimum atomic E-state index is 0.147. The van der Waals surface area contributed by atoms with E-state index in [4.69, 9.17) is 9.47 Å². The third-order valence-corrected chi connectivity index (χ3v) is 6.27. The van der Waals surface area contributed by atoms with Gasteiger partial charge in [-0.05, 0) is 49.5 Å². The molecule has 0 aromatic heterocycles. The van der Waals surface area contributed by atoms with Crippen LogP contribution >= 0.6 is 0 Å². The second-order valence-electron chi connectivity index (χ2n) is 8.01. The fraction of sp³-hybridized carbons (Fsp3) is 0.458. The third-order valence-electron chi connectivity index (χ3n) is 6.27. The molecule has 154 valence electrons. The lowest BCUT2D eigenvalue weighted by Crippen LogP contribution is -2.44. The van der Waals surface area contributed by atoms with Crippen LogP contribution < -0.4 is 9.47 Å². The summed E-state index contributed by atoms with van der Waals surface area (Å²) in [5, 5.41) is 0. The zero-order chi connectivity index (χ0) is 20.2. The van der Waals surface area contributed by atoms with Crippen molar-refractivity contribution in [3.05, 3.63) is 59.2 Å². The Labute approximate surface area is 173 Å². The molecule has 0 aliphatic carbocycles. The van der Waals surface area contributed by atoms with Crippen molar-refractivity contribution >= 4 is 5.91 Å². The largest absolute Gasteiger partial charge is 0.497 e. The molecule has 5 heteroatoms. The van der Waals surface area contributed by atoms with Gasteiger partial charge in [-0.15, -0.1) is 0 Å². The zero-order valence-electron chi connectivity index (χ0n) is 17.4. The topological polar surface area (TPSA) is 42.0 Å². The first-order valence-corrected chi connectivity index (χ1v) is 10.5. The number of nitrogens with zero attached hydrogens (tertiary/aromatic N) is 2. The van der Waals surface area contributed by atoms with Gasteiger partial charge in [-0.25, -0.2) is 0 Å². The summed E-state index contributed by atoms with van der Waals surface area (Å²) in [7, 11) is 3.36. The number of fused-ring (bicyclic) bond motifs is 1. The third kappa shape index (κ3) is 4.40. The highest BCUT2D eigenvalue weighted by atomic mass is 16.5. The van der Waals surface area contributed by atoms with Crippen LogP contribution in [0.2, 0.25) is 0 Å². The Morgan fingerprint density at radius 1 is 1.00 bits per heavy atom. The summed E-state index contributed by atoms with van der Waals surface area (Å²) in [5.74, 6) is 2.14. The standard InChI is InChI=1S/C24H30N2O3/c1-28-22-8-7-21(23(15-22)29-2)16-25-12-9-19(10-13-25)24(27)26-14-11-18-5-3-4-6-20(18)17-26/h3-8,15,19H,9-14,16-17H2,1-2H3. The molecule has 1 saturated heterocycles. The van der Waals surface area contributed by atoms with Crippen LogP contribution in [-0.2, 0) is 24.3 Å². The maximum Gasteiger partial charge on any atom is 0.226 e. The van der Waals surface area contributed by atoms with E-state index in [9.17, 15) is 4.79 Å². The van der Waals surface area contributed by atoms with Crippen molar-refractivity contribution in [3.63, 3.8) is 0 Å². The van der Waals surface area contributed by atoms with Crippen LogP contribution in [0.15, 0.2) is 42.5 Å². The van der Waals surface area contributed by atoms with Gasteiger partial charge < -0.3 is 14.4 Å². The zero-order valence-corrected chi connectivity index (χ0v) is 17.4. The second-order valence-corrected chi connectivity index (χ2v) is 8.01. The average Bonchev–Trinajstić information content (AvgIpc) is 2.79. The monoisotopic (exact) mass is 394 g/mol. The fourth-order valence-corrected chi connectivity index (χ4v) is 4.50. The first-order valence-electron chi connectivity index (χ1n) is 10.5. The van der Waals surface area contributed by atoms with E-state index in [1.54, 1.807) is 14.2 Å². The van der Waals surface area contributed by atoms with E-state index in [0.717, 1.165) is 69.0 Å². The van der Waals surface area contributed by atoms with Crippen LogP contribution in [0.1, 0.15) is 29.5 Å². The number of piperidine rings is 1. The molecule has 0 N–H and O–H groups in total. The molecular weight excluding hydrogens is 364 g/mol. The van der Waals surface area contributed by atoms with E-state index in [1.807, 2.05) is 12.1 Å². The van der Waals surface area contributed by atoms with Gasteiger partial charge in [0.1, 0.15) is 11.5 Å². The quantitative estimate of drug-likeness (QED) is 0.778. The van der Waals surface area contributed by atoms with E-state index in [0.29, 0.717) is 5.91 Å². The summed E-state index contributed by atoms with van der Waals surface area (Å²) in [4.78, 5) is 17.6. The SMILES string of the molecule is COc1ccc(CN2CCC(C(=O)N3CCc4ccccc4C3)CC2)c(OC)c1. The molecule has 0 radical (unpaired) electrons. The number of likely N-dealkylation sites (tertiary alicyclic amines) is 1. The first kappa shape index (κ1) is 19.8. The predicted octanol–water partition coefficient (Wildman–Crippen LogP) is 3.50. The Balaban J connectivity index is 1.32. The lowest BCUT2D eigenvalue weighted by Gasteiger charge is -2.36. The Morgan fingerprint density at radius 3 is 2.48 bits per heavy atom. The van der Waals surface area contributed by atoms with Crippen molar-refractivity contribution in [2.24, 2.45) is 5.92 Å². The molecular formula is C24H30N2O3. The van der Waals surface area contributed by atoms with Gasteiger partial charge in [0, 0.05) is 37.2 Å². The van der Waals surface area contributed by atoms with Gasteiger partial charge in [0.25, 0.3) is 0 Å². The van der Waals surface area contributed by atoms with Crippen molar-refractivity contribution in [3.8, 4) is 11.5 Å². The molecule has 4 rings (SSSR count). The van der Waals surface area contributed by atoms with Gasteiger partial charge in [-0.3, -0.25) is 9.69 Å².